The van der Waals surface area contributed by atoms with Crippen LogP contribution in [0.3, 0.4) is 0 Å². The van der Waals surface area contributed by atoms with E-state index in [4.69, 9.17) is 28.1 Å². The topological polar surface area (TPSA) is 111 Å². The van der Waals surface area contributed by atoms with Gasteiger partial charge in [0.1, 0.15) is 5.82 Å². The number of rotatable bonds is 3. The molecule has 4 aromatic heterocycles. The molecule has 0 radical (unpaired) electrons. The van der Waals surface area contributed by atoms with Crippen LogP contribution in [-0.4, -0.2) is 37.4 Å². The third-order valence-corrected chi connectivity index (χ3v) is 8.53. The Morgan fingerprint density at radius 1 is 1.03 bits per heavy atom. The van der Waals surface area contributed by atoms with Crippen LogP contribution in [0.5, 0.6) is 0 Å². The molecule has 2 aliphatic rings. The van der Waals surface area contributed by atoms with Crippen LogP contribution in [0.2, 0.25) is 5.02 Å². The van der Waals surface area contributed by atoms with E-state index in [-0.39, 0.29) is 11.5 Å². The van der Waals surface area contributed by atoms with Crippen LogP contribution in [-0.2, 0) is 6.42 Å². The molecule has 8 nitrogen and oxygen atoms in total. The molecule has 0 aromatic carbocycles. The van der Waals surface area contributed by atoms with Gasteiger partial charge < -0.3 is 16.4 Å². The summed E-state index contributed by atoms with van der Waals surface area (Å²) in [6.07, 6.45) is 12.1. The summed E-state index contributed by atoms with van der Waals surface area (Å²) in [5, 5.41) is 0.445. The predicted molar refractivity (Wildman–Crippen MR) is 130 cm³/mol. The summed E-state index contributed by atoms with van der Waals surface area (Å²) in [6, 6.07) is 6.00. The number of pyridine rings is 2. The van der Waals surface area contributed by atoms with E-state index in [2.05, 4.69) is 25.9 Å². The number of nitrogens with two attached hydrogens (primary N) is 2. The molecule has 5 heterocycles. The first-order chi connectivity index (χ1) is 16.1. The first kappa shape index (κ1) is 20.7. The van der Waals surface area contributed by atoms with Gasteiger partial charge in [-0.1, -0.05) is 29.4 Å². The van der Waals surface area contributed by atoms with Crippen molar-refractivity contribution in [2.24, 2.45) is 11.1 Å². The molecule has 168 valence electrons. The number of hydrogen-bond donors (Lipinski definition) is 2. The third-order valence-electron chi connectivity index (χ3n) is 6.96. The van der Waals surface area contributed by atoms with Crippen LogP contribution in [0.1, 0.15) is 30.1 Å². The van der Waals surface area contributed by atoms with Gasteiger partial charge in [-0.25, -0.2) is 15.0 Å². The van der Waals surface area contributed by atoms with Crippen molar-refractivity contribution < 1.29 is 0 Å². The number of hydrogen-bond acceptors (Lipinski definition) is 8. The summed E-state index contributed by atoms with van der Waals surface area (Å²) < 4.78 is 2.05. The summed E-state index contributed by atoms with van der Waals surface area (Å²) in [4.78, 5) is 22.1. The van der Waals surface area contributed by atoms with Crippen LogP contribution in [0, 0.1) is 5.41 Å². The number of fused-ring (bicyclic) bond motifs is 2. The average Bonchev–Trinajstić information content (AvgIpc) is 3.42. The second-order valence-corrected chi connectivity index (χ2v) is 10.2. The number of imidazole rings is 1. The maximum Gasteiger partial charge on any atom is 0.211 e. The summed E-state index contributed by atoms with van der Waals surface area (Å²) in [7, 11) is 0. The largest absolute Gasteiger partial charge is 0.382 e. The number of piperidine rings is 1. The lowest BCUT2D eigenvalue weighted by molar-refractivity contribution is 0.186. The highest BCUT2D eigenvalue weighted by molar-refractivity contribution is 7.99. The van der Waals surface area contributed by atoms with Gasteiger partial charge in [-0.2, -0.15) is 0 Å². The molecular weight excluding hydrogens is 456 g/mol. The summed E-state index contributed by atoms with van der Waals surface area (Å²) in [5.74, 6) is 1.21. The lowest BCUT2D eigenvalue weighted by atomic mass is 9.73. The zero-order valence-electron chi connectivity index (χ0n) is 17.9. The highest BCUT2D eigenvalue weighted by Crippen LogP contribution is 2.50. The zero-order chi connectivity index (χ0) is 22.6. The lowest BCUT2D eigenvalue weighted by Crippen LogP contribution is -2.45. The maximum atomic E-state index is 6.71. The molecule has 1 aliphatic heterocycles. The Hall–Kier alpha value is -2.88. The molecule has 6 rings (SSSR count). The van der Waals surface area contributed by atoms with Gasteiger partial charge in [0.15, 0.2) is 5.65 Å². The molecule has 1 fully saturated rings. The molecule has 10 heteroatoms. The van der Waals surface area contributed by atoms with E-state index in [1.165, 1.54) is 17.3 Å². The van der Waals surface area contributed by atoms with Crippen LogP contribution < -0.4 is 16.4 Å². The normalized spacial score (nSPS) is 19.3. The Balaban J connectivity index is 1.25. The molecule has 0 unspecified atom stereocenters. The Morgan fingerprint density at radius 3 is 2.70 bits per heavy atom. The zero-order valence-corrected chi connectivity index (χ0v) is 19.4. The minimum absolute atomic E-state index is 0.0425. The predicted octanol–water partition coefficient (Wildman–Crippen LogP) is 3.75. The van der Waals surface area contributed by atoms with Gasteiger partial charge in [0.05, 0.1) is 9.92 Å². The number of aromatic nitrogens is 5. The third kappa shape index (κ3) is 3.34. The molecular formula is C23H23ClN8S. The molecule has 1 spiro atoms. The van der Waals surface area contributed by atoms with Gasteiger partial charge in [0, 0.05) is 60.7 Å². The van der Waals surface area contributed by atoms with Crippen molar-refractivity contribution in [3.63, 3.8) is 0 Å². The van der Waals surface area contributed by atoms with E-state index in [1.54, 1.807) is 12.4 Å². The van der Waals surface area contributed by atoms with Crippen molar-refractivity contribution >= 4 is 40.8 Å². The minimum Gasteiger partial charge on any atom is -0.382 e. The summed E-state index contributed by atoms with van der Waals surface area (Å²) in [6.45, 7) is 1.78. The molecule has 0 bridgehead atoms. The van der Waals surface area contributed by atoms with Crippen molar-refractivity contribution in [1.82, 2.24) is 24.3 Å². The van der Waals surface area contributed by atoms with E-state index in [0.29, 0.717) is 10.8 Å². The van der Waals surface area contributed by atoms with Gasteiger partial charge in [-0.05, 0) is 42.4 Å². The van der Waals surface area contributed by atoms with Crippen LogP contribution in [0.4, 0.5) is 11.8 Å². The highest BCUT2D eigenvalue weighted by Gasteiger charge is 2.46. The van der Waals surface area contributed by atoms with Gasteiger partial charge in [0.25, 0.3) is 0 Å². The van der Waals surface area contributed by atoms with Crippen molar-refractivity contribution in [1.29, 1.82) is 0 Å². The number of nitrogen functional groups attached to an aromatic ring is 1. The molecule has 4 aromatic rings. The smallest absolute Gasteiger partial charge is 0.211 e. The van der Waals surface area contributed by atoms with Crippen molar-refractivity contribution in [3.05, 3.63) is 65.5 Å². The fourth-order valence-corrected chi connectivity index (χ4v) is 6.26. The Morgan fingerprint density at radius 2 is 1.88 bits per heavy atom. The SMILES string of the molecule is Nc1nccc(Sc2cnc(N3CCC4(CC3)Cc3ncccc3[C@H]4N)n3ccnc23)c1Cl. The van der Waals surface area contributed by atoms with E-state index in [1.807, 2.05) is 35.1 Å². The molecule has 4 N–H and O–H groups in total. The molecule has 1 saturated heterocycles. The molecule has 0 saturated carbocycles. The minimum atomic E-state index is 0.0425. The fourth-order valence-electron chi connectivity index (χ4n) is 5.12. The van der Waals surface area contributed by atoms with Gasteiger partial charge in [-0.15, -0.1) is 0 Å². The van der Waals surface area contributed by atoms with Gasteiger partial charge in [-0.3, -0.25) is 9.38 Å². The monoisotopic (exact) mass is 478 g/mol. The Bertz CT molecular complexity index is 1350. The second kappa shape index (κ2) is 7.86. The molecule has 1 atom stereocenters. The van der Waals surface area contributed by atoms with E-state index in [9.17, 15) is 0 Å². The highest BCUT2D eigenvalue weighted by atomic mass is 35.5. The van der Waals surface area contributed by atoms with Crippen LogP contribution in [0.25, 0.3) is 5.65 Å². The van der Waals surface area contributed by atoms with Crippen LogP contribution >= 0.6 is 23.4 Å². The van der Waals surface area contributed by atoms with Gasteiger partial charge in [0.2, 0.25) is 5.95 Å². The maximum absolute atomic E-state index is 6.71. The second-order valence-electron chi connectivity index (χ2n) is 8.70. The molecule has 33 heavy (non-hydrogen) atoms. The summed E-state index contributed by atoms with van der Waals surface area (Å²) >= 11 is 7.83. The van der Waals surface area contributed by atoms with Crippen molar-refractivity contribution in [3.8, 4) is 0 Å². The van der Waals surface area contributed by atoms with Crippen LogP contribution in [0.15, 0.2) is 59.0 Å². The fraction of sp³-hybridized carbons (Fsp3) is 0.304. The molecule has 0 amide bonds. The van der Waals surface area contributed by atoms with E-state index < -0.39 is 0 Å². The van der Waals surface area contributed by atoms with Crippen molar-refractivity contribution in [2.45, 2.75) is 35.1 Å². The summed E-state index contributed by atoms with van der Waals surface area (Å²) in [5.41, 5.74) is 15.9. The average molecular weight is 479 g/mol. The lowest BCUT2D eigenvalue weighted by Gasteiger charge is -2.42. The standard InChI is InChI=1S/C23H23ClN8S/c24-18-16(3-7-28-20(18)26)33-17-13-30-22(32-11-8-29-21(17)32)31-9-4-23(5-10-31)12-15-14(19(23)25)2-1-6-27-15/h1-3,6-8,11,13,19H,4-5,9-10,12,25H2,(H2,26,28)/t19-/m1/s1. The Kier molecular flexibility index (Phi) is 4.93. The number of anilines is 2. The molecule has 1 aliphatic carbocycles. The number of nitrogens with zero attached hydrogens (tertiary/aromatic N) is 6. The van der Waals surface area contributed by atoms with E-state index >= 15 is 0 Å². The van der Waals surface area contributed by atoms with Crippen molar-refractivity contribution in [2.75, 3.05) is 23.7 Å². The quantitative estimate of drug-likeness (QED) is 0.458. The van der Waals surface area contributed by atoms with Gasteiger partial charge >= 0.3 is 0 Å². The first-order valence-electron chi connectivity index (χ1n) is 10.9. The first-order valence-corrected chi connectivity index (χ1v) is 12.1. The Labute approximate surface area is 200 Å². The van der Waals surface area contributed by atoms with E-state index in [0.717, 1.165) is 59.4 Å². The number of halogens is 1.